The van der Waals surface area contributed by atoms with E-state index in [1.165, 1.54) is 24.1 Å². The Labute approximate surface area is 88.5 Å². The van der Waals surface area contributed by atoms with Crippen molar-refractivity contribution in [2.24, 2.45) is 7.05 Å². The van der Waals surface area contributed by atoms with Crippen LogP contribution in [-0.4, -0.2) is 10.9 Å². The van der Waals surface area contributed by atoms with Crippen LogP contribution in [0.5, 0.6) is 0 Å². The summed E-state index contributed by atoms with van der Waals surface area (Å²) in [6.07, 6.45) is 3.53. The molecule has 0 unspecified atom stereocenters. The van der Waals surface area contributed by atoms with Gasteiger partial charge in [-0.25, -0.2) is 0 Å². The molecule has 0 spiro atoms. The summed E-state index contributed by atoms with van der Waals surface area (Å²) >= 11 is 0. The molecule has 2 aromatic rings. The summed E-state index contributed by atoms with van der Waals surface area (Å²) in [6.45, 7) is 0. The van der Waals surface area contributed by atoms with E-state index in [0.717, 1.165) is 23.2 Å². The Bertz CT molecular complexity index is 535. The van der Waals surface area contributed by atoms with Crippen molar-refractivity contribution in [1.29, 1.82) is 0 Å². The molecule has 1 aliphatic carbocycles. The monoisotopic (exact) mass is 199 g/mol. The number of benzene rings is 1. The molecular weight excluding hydrogens is 186 g/mol. The van der Waals surface area contributed by atoms with Crippen LogP contribution in [-0.2, 0) is 7.05 Å². The van der Waals surface area contributed by atoms with Gasteiger partial charge in [0.2, 0.25) is 0 Å². The summed E-state index contributed by atoms with van der Waals surface area (Å²) in [4.78, 5) is 10.9. The van der Waals surface area contributed by atoms with Crippen LogP contribution in [0.3, 0.4) is 0 Å². The number of hydrogen-bond acceptors (Lipinski definition) is 1. The highest BCUT2D eigenvalue weighted by atomic mass is 16.1. The Hall–Kier alpha value is -1.57. The van der Waals surface area contributed by atoms with Crippen molar-refractivity contribution < 1.29 is 4.79 Å². The van der Waals surface area contributed by atoms with Crippen LogP contribution >= 0.6 is 0 Å². The zero-order valence-electron chi connectivity index (χ0n) is 8.73. The van der Waals surface area contributed by atoms with Crippen molar-refractivity contribution in [1.82, 2.24) is 4.57 Å². The van der Waals surface area contributed by atoms with Gasteiger partial charge in [0.15, 0.2) is 6.29 Å². The highest BCUT2D eigenvalue weighted by Crippen LogP contribution is 2.42. The van der Waals surface area contributed by atoms with Crippen molar-refractivity contribution >= 4 is 17.2 Å². The normalized spacial score (nSPS) is 15.8. The molecule has 76 valence electrons. The molecule has 15 heavy (non-hydrogen) atoms. The summed E-state index contributed by atoms with van der Waals surface area (Å²) in [5, 5.41) is 1.09. The van der Waals surface area contributed by atoms with Crippen LogP contribution in [0.15, 0.2) is 24.3 Å². The minimum Gasteiger partial charge on any atom is -0.347 e. The lowest BCUT2D eigenvalue weighted by molar-refractivity contribution is 0.112. The lowest BCUT2D eigenvalue weighted by Gasteiger charge is -2.01. The molecule has 0 aliphatic heterocycles. The van der Waals surface area contributed by atoms with Gasteiger partial charge >= 0.3 is 0 Å². The van der Waals surface area contributed by atoms with Gasteiger partial charge in [0.25, 0.3) is 0 Å². The highest BCUT2D eigenvalue weighted by Gasteiger charge is 2.27. The Morgan fingerprint density at radius 2 is 2.20 bits per heavy atom. The van der Waals surface area contributed by atoms with Gasteiger partial charge < -0.3 is 4.57 Å². The molecule has 1 aliphatic rings. The molecule has 2 nitrogen and oxygen atoms in total. The molecule has 1 saturated carbocycles. The number of hydrogen-bond donors (Lipinski definition) is 0. The van der Waals surface area contributed by atoms with Crippen LogP contribution in [0.2, 0.25) is 0 Å². The Morgan fingerprint density at radius 3 is 2.87 bits per heavy atom. The Morgan fingerprint density at radius 1 is 1.40 bits per heavy atom. The van der Waals surface area contributed by atoms with Gasteiger partial charge in [-0.3, -0.25) is 4.79 Å². The third kappa shape index (κ3) is 1.21. The molecule has 0 amide bonds. The summed E-state index contributed by atoms with van der Waals surface area (Å²) in [6, 6.07) is 8.08. The van der Waals surface area contributed by atoms with Crippen molar-refractivity contribution in [3.8, 4) is 0 Å². The Kier molecular flexibility index (Phi) is 1.72. The number of rotatable bonds is 2. The van der Waals surface area contributed by atoms with Crippen LogP contribution in [0.25, 0.3) is 10.9 Å². The quantitative estimate of drug-likeness (QED) is 0.682. The van der Waals surface area contributed by atoms with Gasteiger partial charge in [-0.15, -0.1) is 0 Å². The van der Waals surface area contributed by atoms with E-state index in [-0.39, 0.29) is 0 Å². The highest BCUT2D eigenvalue weighted by molar-refractivity contribution is 5.97. The summed E-state index contributed by atoms with van der Waals surface area (Å²) in [5.74, 6) is 0.724. The summed E-state index contributed by atoms with van der Waals surface area (Å²) in [5.41, 5.74) is 3.34. The zero-order chi connectivity index (χ0) is 10.4. The van der Waals surface area contributed by atoms with Crippen molar-refractivity contribution in [3.63, 3.8) is 0 Å². The molecule has 1 fully saturated rings. The molecule has 2 heteroatoms. The summed E-state index contributed by atoms with van der Waals surface area (Å²) < 4.78 is 2.22. The van der Waals surface area contributed by atoms with Gasteiger partial charge in [-0.1, -0.05) is 12.1 Å². The van der Waals surface area contributed by atoms with Crippen LogP contribution in [0, 0.1) is 0 Å². The molecule has 0 N–H and O–H groups in total. The predicted octanol–water partition coefficient (Wildman–Crippen LogP) is 2.87. The maximum Gasteiger partial charge on any atom is 0.150 e. The number of carbonyl (C=O) groups excluding carboxylic acids is 1. The van der Waals surface area contributed by atoms with E-state index in [0.29, 0.717) is 0 Å². The maximum atomic E-state index is 10.9. The number of aromatic nitrogens is 1. The van der Waals surface area contributed by atoms with Gasteiger partial charge in [-0.05, 0) is 30.9 Å². The number of nitrogens with zero attached hydrogens (tertiary/aromatic N) is 1. The fourth-order valence-electron chi connectivity index (χ4n) is 2.28. The fraction of sp³-hybridized carbons (Fsp3) is 0.308. The second-order valence-corrected chi connectivity index (χ2v) is 4.30. The standard InChI is InChI=1S/C13H13NO/c1-14-12-4-2-3-10(8-15)11(12)7-13(14)9-5-6-9/h2-4,7-9H,5-6H2,1H3. The molecule has 1 aromatic carbocycles. The fourth-order valence-corrected chi connectivity index (χ4v) is 2.28. The third-order valence-corrected chi connectivity index (χ3v) is 3.28. The van der Waals surface area contributed by atoms with E-state index in [9.17, 15) is 4.79 Å². The first kappa shape index (κ1) is 8.72. The second-order valence-electron chi connectivity index (χ2n) is 4.30. The Balaban J connectivity index is 2.33. The lowest BCUT2D eigenvalue weighted by Crippen LogP contribution is -1.93. The van der Waals surface area contributed by atoms with E-state index in [1.54, 1.807) is 0 Å². The van der Waals surface area contributed by atoms with E-state index < -0.39 is 0 Å². The van der Waals surface area contributed by atoms with Crippen LogP contribution in [0.4, 0.5) is 0 Å². The minimum absolute atomic E-state index is 0.724. The van der Waals surface area contributed by atoms with Crippen molar-refractivity contribution in [2.45, 2.75) is 18.8 Å². The third-order valence-electron chi connectivity index (χ3n) is 3.28. The van der Waals surface area contributed by atoms with Gasteiger partial charge in [0, 0.05) is 29.2 Å². The van der Waals surface area contributed by atoms with Gasteiger partial charge in [0.05, 0.1) is 0 Å². The van der Waals surface area contributed by atoms with Crippen molar-refractivity contribution in [3.05, 3.63) is 35.5 Å². The summed E-state index contributed by atoms with van der Waals surface area (Å²) in [7, 11) is 2.09. The smallest absolute Gasteiger partial charge is 0.150 e. The molecule has 0 bridgehead atoms. The largest absolute Gasteiger partial charge is 0.347 e. The van der Waals surface area contributed by atoms with E-state index in [2.05, 4.69) is 23.7 Å². The lowest BCUT2D eigenvalue weighted by atomic mass is 10.1. The number of carbonyl (C=O) groups is 1. The molecule has 0 saturated heterocycles. The predicted molar refractivity (Wildman–Crippen MR) is 60.3 cm³/mol. The first-order chi connectivity index (χ1) is 7.31. The molecule has 3 rings (SSSR count). The first-order valence-corrected chi connectivity index (χ1v) is 5.35. The first-order valence-electron chi connectivity index (χ1n) is 5.35. The van der Waals surface area contributed by atoms with Gasteiger partial charge in [0.1, 0.15) is 0 Å². The van der Waals surface area contributed by atoms with E-state index in [4.69, 9.17) is 0 Å². The van der Waals surface area contributed by atoms with E-state index >= 15 is 0 Å². The van der Waals surface area contributed by atoms with E-state index in [1.807, 2.05) is 12.1 Å². The minimum atomic E-state index is 0.724. The SMILES string of the molecule is Cn1c(C2CC2)cc2c(C=O)cccc21. The number of fused-ring (bicyclic) bond motifs is 1. The maximum absolute atomic E-state index is 10.9. The number of aldehydes is 1. The second kappa shape index (κ2) is 2.96. The van der Waals surface area contributed by atoms with Crippen LogP contribution in [0.1, 0.15) is 34.8 Å². The molecule has 0 radical (unpaired) electrons. The number of aryl methyl sites for hydroxylation is 1. The molecule has 1 heterocycles. The topological polar surface area (TPSA) is 22.0 Å². The molecular formula is C13H13NO. The average Bonchev–Trinajstić information content (AvgIpc) is 3.04. The van der Waals surface area contributed by atoms with Crippen molar-refractivity contribution in [2.75, 3.05) is 0 Å². The van der Waals surface area contributed by atoms with Gasteiger partial charge in [-0.2, -0.15) is 0 Å². The molecule has 0 atom stereocenters. The molecule has 1 aromatic heterocycles. The average molecular weight is 199 g/mol. The zero-order valence-corrected chi connectivity index (χ0v) is 8.73. The van der Waals surface area contributed by atoms with Crippen LogP contribution < -0.4 is 0 Å².